The minimum absolute atomic E-state index is 0.0194. The van der Waals surface area contributed by atoms with Crippen molar-refractivity contribution in [3.63, 3.8) is 0 Å². The SMILES string of the molecule is CC(C)N(C(=O)Nc1ccc([N+](=O)[O-])cc1)C1CCCCC1. The number of anilines is 1. The molecule has 22 heavy (non-hydrogen) atoms. The fourth-order valence-electron chi connectivity index (χ4n) is 3.04. The number of hydrogen-bond donors (Lipinski definition) is 1. The van der Waals surface area contributed by atoms with E-state index >= 15 is 0 Å². The lowest BCUT2D eigenvalue weighted by atomic mass is 9.93. The van der Waals surface area contributed by atoms with Gasteiger partial charge >= 0.3 is 6.03 Å². The molecule has 0 heterocycles. The predicted molar refractivity (Wildman–Crippen MR) is 86.0 cm³/mol. The first-order chi connectivity index (χ1) is 10.5. The van der Waals surface area contributed by atoms with E-state index in [9.17, 15) is 14.9 Å². The highest BCUT2D eigenvalue weighted by Crippen LogP contribution is 2.25. The van der Waals surface area contributed by atoms with Gasteiger partial charge in [-0.3, -0.25) is 10.1 Å². The van der Waals surface area contributed by atoms with Crippen molar-refractivity contribution in [2.75, 3.05) is 5.32 Å². The highest BCUT2D eigenvalue weighted by molar-refractivity contribution is 5.89. The van der Waals surface area contributed by atoms with E-state index in [1.54, 1.807) is 12.1 Å². The molecule has 0 spiro atoms. The molecule has 0 atom stereocenters. The number of nitro groups is 1. The number of hydrogen-bond acceptors (Lipinski definition) is 3. The second-order valence-corrected chi connectivity index (χ2v) is 6.03. The molecule has 1 N–H and O–H groups in total. The number of amides is 2. The molecule has 2 amide bonds. The Morgan fingerprint density at radius 3 is 2.32 bits per heavy atom. The van der Waals surface area contributed by atoms with Crippen molar-refractivity contribution in [1.29, 1.82) is 0 Å². The van der Waals surface area contributed by atoms with Crippen LogP contribution >= 0.6 is 0 Å². The van der Waals surface area contributed by atoms with Gasteiger partial charge in [0.1, 0.15) is 0 Å². The molecule has 1 aliphatic rings. The maximum absolute atomic E-state index is 12.6. The summed E-state index contributed by atoms with van der Waals surface area (Å²) in [5.41, 5.74) is 0.600. The van der Waals surface area contributed by atoms with Gasteiger partial charge in [0.25, 0.3) is 5.69 Å². The molecule has 1 saturated carbocycles. The summed E-state index contributed by atoms with van der Waals surface area (Å²) in [6, 6.07) is 6.21. The van der Waals surface area contributed by atoms with Crippen LogP contribution < -0.4 is 5.32 Å². The first kappa shape index (κ1) is 16.3. The smallest absolute Gasteiger partial charge is 0.319 e. The second-order valence-electron chi connectivity index (χ2n) is 6.03. The molecule has 0 aromatic heterocycles. The van der Waals surface area contributed by atoms with Crippen LogP contribution in [0, 0.1) is 10.1 Å². The Bertz CT molecular complexity index is 522. The van der Waals surface area contributed by atoms with E-state index in [1.807, 2.05) is 18.7 Å². The zero-order valence-electron chi connectivity index (χ0n) is 13.1. The molecule has 2 rings (SSSR count). The summed E-state index contributed by atoms with van der Waals surface area (Å²) in [5.74, 6) is 0. The molecule has 0 radical (unpaired) electrons. The number of non-ortho nitro benzene ring substituents is 1. The van der Waals surface area contributed by atoms with E-state index in [1.165, 1.54) is 31.4 Å². The van der Waals surface area contributed by atoms with Crippen LogP contribution in [-0.4, -0.2) is 27.9 Å². The lowest BCUT2D eigenvalue weighted by Gasteiger charge is -2.37. The number of nitrogens with zero attached hydrogens (tertiary/aromatic N) is 2. The van der Waals surface area contributed by atoms with Crippen LogP contribution in [0.4, 0.5) is 16.2 Å². The van der Waals surface area contributed by atoms with Crippen molar-refractivity contribution in [2.45, 2.75) is 58.0 Å². The van der Waals surface area contributed by atoms with Gasteiger partial charge in [0, 0.05) is 29.9 Å². The molecule has 6 heteroatoms. The van der Waals surface area contributed by atoms with Crippen molar-refractivity contribution < 1.29 is 9.72 Å². The summed E-state index contributed by atoms with van der Waals surface area (Å²) >= 11 is 0. The van der Waals surface area contributed by atoms with Gasteiger partial charge in [-0.1, -0.05) is 19.3 Å². The Morgan fingerprint density at radius 2 is 1.82 bits per heavy atom. The molecular weight excluding hydrogens is 282 g/mol. The van der Waals surface area contributed by atoms with Crippen LogP contribution in [0.2, 0.25) is 0 Å². The van der Waals surface area contributed by atoms with Gasteiger partial charge in [-0.05, 0) is 38.8 Å². The van der Waals surface area contributed by atoms with Gasteiger partial charge in [-0.15, -0.1) is 0 Å². The number of urea groups is 1. The first-order valence-corrected chi connectivity index (χ1v) is 7.83. The zero-order chi connectivity index (χ0) is 16.1. The van der Waals surface area contributed by atoms with Crippen molar-refractivity contribution in [1.82, 2.24) is 4.90 Å². The number of carbonyl (C=O) groups is 1. The third-order valence-electron chi connectivity index (χ3n) is 4.09. The standard InChI is InChI=1S/C16H23N3O3/c1-12(2)18(14-6-4-3-5-7-14)16(20)17-13-8-10-15(11-9-13)19(21)22/h8-12,14H,3-7H2,1-2H3,(H,17,20). The summed E-state index contributed by atoms with van der Waals surface area (Å²) in [4.78, 5) is 24.7. The third-order valence-corrected chi connectivity index (χ3v) is 4.09. The maximum Gasteiger partial charge on any atom is 0.322 e. The maximum atomic E-state index is 12.6. The topological polar surface area (TPSA) is 75.5 Å². The summed E-state index contributed by atoms with van der Waals surface area (Å²) in [6.07, 6.45) is 5.67. The summed E-state index contributed by atoms with van der Waals surface area (Å²) in [6.45, 7) is 4.04. The molecule has 1 fully saturated rings. The van der Waals surface area contributed by atoms with Gasteiger partial charge < -0.3 is 10.2 Å². The van der Waals surface area contributed by atoms with E-state index in [-0.39, 0.29) is 23.8 Å². The second kappa shape index (κ2) is 7.24. The first-order valence-electron chi connectivity index (χ1n) is 7.83. The monoisotopic (exact) mass is 305 g/mol. The summed E-state index contributed by atoms with van der Waals surface area (Å²) < 4.78 is 0. The number of benzene rings is 1. The molecule has 1 aliphatic carbocycles. The van der Waals surface area contributed by atoms with Crippen molar-refractivity contribution in [3.05, 3.63) is 34.4 Å². The van der Waals surface area contributed by atoms with Crippen LogP contribution in [0.5, 0.6) is 0 Å². The van der Waals surface area contributed by atoms with Crippen LogP contribution in [-0.2, 0) is 0 Å². The van der Waals surface area contributed by atoms with Crippen molar-refractivity contribution in [3.8, 4) is 0 Å². The molecule has 0 saturated heterocycles. The van der Waals surface area contributed by atoms with Gasteiger partial charge in [-0.25, -0.2) is 4.79 Å². The van der Waals surface area contributed by atoms with Gasteiger partial charge in [0.15, 0.2) is 0 Å². The van der Waals surface area contributed by atoms with E-state index in [2.05, 4.69) is 5.32 Å². The van der Waals surface area contributed by atoms with Crippen LogP contribution in [0.15, 0.2) is 24.3 Å². The average molecular weight is 305 g/mol. The third kappa shape index (κ3) is 3.96. The quantitative estimate of drug-likeness (QED) is 0.670. The molecule has 1 aromatic rings. The zero-order valence-corrected chi connectivity index (χ0v) is 13.1. The highest BCUT2D eigenvalue weighted by atomic mass is 16.6. The number of nitrogens with one attached hydrogen (secondary N) is 1. The fraction of sp³-hybridized carbons (Fsp3) is 0.562. The minimum atomic E-state index is -0.450. The number of nitro benzene ring substituents is 1. The molecule has 6 nitrogen and oxygen atoms in total. The molecule has 0 aliphatic heterocycles. The Balaban J connectivity index is 2.05. The normalized spacial score (nSPS) is 15.6. The van der Waals surface area contributed by atoms with Gasteiger partial charge in [0.2, 0.25) is 0 Å². The largest absolute Gasteiger partial charge is 0.322 e. The van der Waals surface area contributed by atoms with Crippen LogP contribution in [0.3, 0.4) is 0 Å². The summed E-state index contributed by atoms with van der Waals surface area (Å²) in [7, 11) is 0. The molecule has 0 unspecified atom stereocenters. The van der Waals surface area contributed by atoms with Crippen molar-refractivity contribution in [2.24, 2.45) is 0 Å². The Hall–Kier alpha value is -2.11. The Morgan fingerprint density at radius 1 is 1.23 bits per heavy atom. The van der Waals surface area contributed by atoms with Crippen LogP contribution in [0.25, 0.3) is 0 Å². The van der Waals surface area contributed by atoms with Gasteiger partial charge in [0.05, 0.1) is 4.92 Å². The van der Waals surface area contributed by atoms with E-state index < -0.39 is 4.92 Å². The Kier molecular flexibility index (Phi) is 5.35. The van der Waals surface area contributed by atoms with Gasteiger partial charge in [-0.2, -0.15) is 0 Å². The predicted octanol–water partition coefficient (Wildman–Crippen LogP) is 4.17. The van der Waals surface area contributed by atoms with E-state index in [0.717, 1.165) is 12.8 Å². The molecule has 0 bridgehead atoms. The van der Waals surface area contributed by atoms with Crippen LogP contribution in [0.1, 0.15) is 46.0 Å². The lowest BCUT2D eigenvalue weighted by molar-refractivity contribution is -0.384. The van der Waals surface area contributed by atoms with Crippen molar-refractivity contribution >= 4 is 17.4 Å². The van der Waals surface area contributed by atoms with E-state index in [0.29, 0.717) is 5.69 Å². The minimum Gasteiger partial charge on any atom is -0.319 e. The number of rotatable bonds is 4. The molecule has 1 aromatic carbocycles. The average Bonchev–Trinajstić information content (AvgIpc) is 2.48. The molecular formula is C16H23N3O3. The fourth-order valence-corrected chi connectivity index (χ4v) is 3.04. The summed E-state index contributed by atoms with van der Waals surface area (Å²) in [5, 5.41) is 13.5. The lowest BCUT2D eigenvalue weighted by Crippen LogP contribution is -2.47. The molecule has 120 valence electrons. The number of carbonyl (C=O) groups excluding carboxylic acids is 1. The Labute approximate surface area is 130 Å². The highest BCUT2D eigenvalue weighted by Gasteiger charge is 2.27. The van der Waals surface area contributed by atoms with E-state index in [4.69, 9.17) is 0 Å².